The molecular weight excluding hydrogens is 236 g/mol. The first kappa shape index (κ1) is 14.3. The molecule has 0 heterocycles. The second-order valence-electron chi connectivity index (χ2n) is 3.75. The normalized spacial score (nSPS) is 11.8. The number of hydrogen-bond acceptors (Lipinski definition) is 5. The molecule has 1 amide bonds. The maximum atomic E-state index is 12.1. The lowest BCUT2D eigenvalue weighted by Gasteiger charge is -2.16. The molecule has 0 spiro atoms. The largest absolute Gasteiger partial charge is 0.496 e. The second-order valence-corrected chi connectivity index (χ2v) is 3.75. The van der Waals surface area contributed by atoms with Crippen LogP contribution in [0.4, 0.5) is 0 Å². The van der Waals surface area contributed by atoms with Crippen molar-refractivity contribution in [3.05, 3.63) is 23.8 Å². The number of carbonyl (C=O) groups excluding carboxylic acids is 1. The summed E-state index contributed by atoms with van der Waals surface area (Å²) in [5, 5.41) is 2.74. The molecule has 1 aromatic rings. The Bertz CT molecular complexity index is 387. The fourth-order valence-electron chi connectivity index (χ4n) is 1.56. The lowest BCUT2D eigenvalue weighted by atomic mass is 10.1. The van der Waals surface area contributed by atoms with E-state index >= 15 is 0 Å². The van der Waals surface area contributed by atoms with Crippen molar-refractivity contribution in [1.29, 1.82) is 0 Å². The minimum Gasteiger partial charge on any atom is -0.496 e. The Hall–Kier alpha value is -1.79. The third kappa shape index (κ3) is 3.35. The van der Waals surface area contributed by atoms with Crippen molar-refractivity contribution in [3.63, 3.8) is 0 Å². The van der Waals surface area contributed by atoms with Gasteiger partial charge < -0.3 is 19.6 Å². The van der Waals surface area contributed by atoms with Crippen LogP contribution in [0.15, 0.2) is 18.2 Å². The predicted molar refractivity (Wildman–Crippen MR) is 66.6 cm³/mol. The van der Waals surface area contributed by atoms with Gasteiger partial charge in [0.15, 0.2) is 0 Å². The smallest absolute Gasteiger partial charge is 0.259 e. The molecule has 0 fully saturated rings. The maximum Gasteiger partial charge on any atom is 0.259 e. The lowest BCUT2D eigenvalue weighted by Crippen LogP contribution is -2.36. The molecule has 0 aliphatic carbocycles. The zero-order chi connectivity index (χ0) is 13.5. The first-order valence-electron chi connectivity index (χ1n) is 5.47. The number of benzene rings is 1. The molecule has 1 rings (SSSR count). The summed E-state index contributed by atoms with van der Waals surface area (Å²) in [5.41, 5.74) is 0.353. The van der Waals surface area contributed by atoms with Crippen molar-refractivity contribution in [3.8, 4) is 11.5 Å². The summed E-state index contributed by atoms with van der Waals surface area (Å²) >= 11 is 0. The summed E-state index contributed by atoms with van der Waals surface area (Å²) in [7, 11) is 3.00. The van der Waals surface area contributed by atoms with E-state index in [9.17, 15) is 4.79 Å². The summed E-state index contributed by atoms with van der Waals surface area (Å²) < 4.78 is 10.3. The van der Waals surface area contributed by atoms with Gasteiger partial charge in [0.2, 0.25) is 0 Å². The van der Waals surface area contributed by atoms with Crippen molar-refractivity contribution in [2.75, 3.05) is 20.8 Å². The Kier molecular flexibility index (Phi) is 5.41. The maximum absolute atomic E-state index is 12.1. The molecule has 0 aliphatic heterocycles. The van der Waals surface area contributed by atoms with Crippen LogP contribution in [0.1, 0.15) is 17.3 Å². The molecule has 0 bridgehead atoms. The predicted octanol–water partition coefficient (Wildman–Crippen LogP) is 0.712. The molecule has 0 aliphatic rings. The molecule has 100 valence electrons. The molecule has 1 atom stereocenters. The highest BCUT2D eigenvalue weighted by molar-refractivity contribution is 5.99. The quantitative estimate of drug-likeness (QED) is 0.731. The number of nitrogens with two attached hydrogens (primary N) is 1. The van der Waals surface area contributed by atoms with Crippen LogP contribution in [0, 0.1) is 0 Å². The van der Waals surface area contributed by atoms with Crippen LogP contribution in [0.5, 0.6) is 11.5 Å². The second kappa shape index (κ2) is 6.83. The van der Waals surface area contributed by atoms with E-state index in [2.05, 4.69) is 10.2 Å². The van der Waals surface area contributed by atoms with E-state index < -0.39 is 0 Å². The summed E-state index contributed by atoms with van der Waals surface area (Å²) in [6.07, 6.45) is 0. The molecule has 0 aromatic heterocycles. The summed E-state index contributed by atoms with van der Waals surface area (Å²) in [6.45, 7) is 2.01. The van der Waals surface area contributed by atoms with E-state index in [-0.39, 0.29) is 18.6 Å². The molecular formula is C12H18N2O4. The van der Waals surface area contributed by atoms with E-state index in [0.29, 0.717) is 17.1 Å². The molecule has 3 N–H and O–H groups in total. The van der Waals surface area contributed by atoms with Gasteiger partial charge in [0.05, 0.1) is 26.9 Å². The van der Waals surface area contributed by atoms with Crippen LogP contribution >= 0.6 is 0 Å². The highest BCUT2D eigenvalue weighted by Gasteiger charge is 2.19. The van der Waals surface area contributed by atoms with E-state index in [1.165, 1.54) is 14.2 Å². The Morgan fingerprint density at radius 1 is 1.33 bits per heavy atom. The molecule has 0 radical (unpaired) electrons. The van der Waals surface area contributed by atoms with Gasteiger partial charge in [-0.3, -0.25) is 4.79 Å². The summed E-state index contributed by atoms with van der Waals surface area (Å²) in [5.74, 6) is 5.56. The lowest BCUT2D eigenvalue weighted by molar-refractivity contribution is 0.0852. The Balaban J connectivity index is 2.96. The minimum atomic E-state index is -0.297. The Morgan fingerprint density at radius 2 is 1.89 bits per heavy atom. The van der Waals surface area contributed by atoms with Gasteiger partial charge >= 0.3 is 0 Å². The topological polar surface area (TPSA) is 82.8 Å². The minimum absolute atomic E-state index is 0.211. The molecule has 1 aromatic carbocycles. The first-order valence-corrected chi connectivity index (χ1v) is 5.47. The van der Waals surface area contributed by atoms with Gasteiger partial charge in [0.25, 0.3) is 5.91 Å². The molecule has 0 saturated heterocycles. The average molecular weight is 254 g/mol. The van der Waals surface area contributed by atoms with Crippen molar-refractivity contribution >= 4 is 5.91 Å². The molecule has 1 unspecified atom stereocenters. The number of rotatable bonds is 6. The van der Waals surface area contributed by atoms with E-state index in [1.54, 1.807) is 25.1 Å². The molecule has 6 heteroatoms. The molecule has 0 saturated carbocycles. The third-order valence-electron chi connectivity index (χ3n) is 2.38. The van der Waals surface area contributed by atoms with Gasteiger partial charge in [-0.2, -0.15) is 0 Å². The highest BCUT2D eigenvalue weighted by atomic mass is 16.6. The van der Waals surface area contributed by atoms with Crippen LogP contribution in [-0.4, -0.2) is 32.8 Å². The van der Waals surface area contributed by atoms with Gasteiger partial charge in [0.1, 0.15) is 17.1 Å². The van der Waals surface area contributed by atoms with E-state index in [0.717, 1.165) is 0 Å². The monoisotopic (exact) mass is 254 g/mol. The molecule has 6 nitrogen and oxygen atoms in total. The fourth-order valence-corrected chi connectivity index (χ4v) is 1.56. The number of ether oxygens (including phenoxy) is 2. The number of hydrogen-bond donors (Lipinski definition) is 2. The van der Waals surface area contributed by atoms with Gasteiger partial charge in [0, 0.05) is 0 Å². The summed E-state index contributed by atoms with van der Waals surface area (Å²) in [6, 6.07) is 4.93. The Labute approximate surface area is 106 Å². The van der Waals surface area contributed by atoms with Crippen molar-refractivity contribution in [2.45, 2.75) is 13.0 Å². The molecule has 18 heavy (non-hydrogen) atoms. The van der Waals surface area contributed by atoms with Crippen LogP contribution < -0.4 is 20.7 Å². The van der Waals surface area contributed by atoms with Gasteiger partial charge in [-0.05, 0) is 19.1 Å². The Morgan fingerprint density at radius 3 is 2.33 bits per heavy atom. The zero-order valence-corrected chi connectivity index (χ0v) is 10.7. The van der Waals surface area contributed by atoms with Crippen LogP contribution in [0.25, 0.3) is 0 Å². The van der Waals surface area contributed by atoms with Crippen molar-refractivity contribution < 1.29 is 19.1 Å². The van der Waals surface area contributed by atoms with Gasteiger partial charge in [-0.15, -0.1) is 0 Å². The standard InChI is InChI=1S/C12H18N2O4/c1-8(7-18-13)14-12(15)11-9(16-2)5-4-6-10(11)17-3/h4-6,8H,7,13H2,1-3H3,(H,14,15). The van der Waals surface area contributed by atoms with Gasteiger partial charge in [-0.1, -0.05) is 6.07 Å². The van der Waals surface area contributed by atoms with Crippen LogP contribution in [-0.2, 0) is 4.84 Å². The number of amides is 1. The highest BCUT2D eigenvalue weighted by Crippen LogP contribution is 2.27. The van der Waals surface area contributed by atoms with E-state index in [4.69, 9.17) is 15.4 Å². The van der Waals surface area contributed by atoms with Crippen LogP contribution in [0.3, 0.4) is 0 Å². The van der Waals surface area contributed by atoms with Crippen LogP contribution in [0.2, 0.25) is 0 Å². The van der Waals surface area contributed by atoms with E-state index in [1.807, 2.05) is 0 Å². The fraction of sp³-hybridized carbons (Fsp3) is 0.417. The zero-order valence-electron chi connectivity index (χ0n) is 10.7. The number of carbonyl (C=O) groups is 1. The number of nitrogens with one attached hydrogen (secondary N) is 1. The van der Waals surface area contributed by atoms with Gasteiger partial charge in [-0.25, -0.2) is 5.90 Å². The summed E-state index contributed by atoms with van der Waals surface area (Å²) in [4.78, 5) is 16.6. The first-order chi connectivity index (χ1) is 8.63. The average Bonchev–Trinajstić information content (AvgIpc) is 2.37. The van der Waals surface area contributed by atoms with Crippen molar-refractivity contribution in [1.82, 2.24) is 5.32 Å². The SMILES string of the molecule is COc1cccc(OC)c1C(=O)NC(C)CON. The number of methoxy groups -OCH3 is 2. The van der Waals surface area contributed by atoms with Crippen molar-refractivity contribution in [2.24, 2.45) is 5.90 Å². The third-order valence-corrected chi connectivity index (χ3v) is 2.38.